The molecule has 4 rings (SSSR count). The smallest absolute Gasteiger partial charge is 0.340 e. The summed E-state index contributed by atoms with van der Waals surface area (Å²) >= 11 is 0. The number of hydrogen-bond donors (Lipinski definition) is 3. The van der Waals surface area contributed by atoms with Gasteiger partial charge in [0.1, 0.15) is 17.6 Å². The van der Waals surface area contributed by atoms with E-state index in [0.717, 1.165) is 18.5 Å². The van der Waals surface area contributed by atoms with Crippen LogP contribution in [0.25, 0.3) is 17.3 Å². The topological polar surface area (TPSA) is 95.7 Å². The maximum absolute atomic E-state index is 14.3. The Kier molecular flexibility index (Phi) is 3.45. The summed E-state index contributed by atoms with van der Waals surface area (Å²) < 4.78 is 20.2. The van der Waals surface area contributed by atoms with Crippen molar-refractivity contribution in [3.63, 3.8) is 0 Å². The van der Waals surface area contributed by atoms with Crippen LogP contribution in [-0.4, -0.2) is 39.4 Å². The van der Waals surface area contributed by atoms with Gasteiger partial charge in [0.05, 0.1) is 5.56 Å². The lowest BCUT2D eigenvalue weighted by Gasteiger charge is -2.20. The van der Waals surface area contributed by atoms with E-state index in [0.29, 0.717) is 36.5 Å². The highest BCUT2D eigenvalue weighted by Crippen LogP contribution is 2.36. The van der Waals surface area contributed by atoms with Crippen molar-refractivity contribution >= 4 is 5.83 Å². The number of allylic oxidation sites excluding steroid dienone is 1. The van der Waals surface area contributed by atoms with Gasteiger partial charge in [0, 0.05) is 6.54 Å². The van der Waals surface area contributed by atoms with E-state index in [2.05, 4.69) is 25.5 Å². The van der Waals surface area contributed by atoms with Crippen LogP contribution in [0.3, 0.4) is 0 Å². The fourth-order valence-electron chi connectivity index (χ4n) is 2.97. The van der Waals surface area contributed by atoms with Crippen LogP contribution >= 0.6 is 0 Å². The van der Waals surface area contributed by atoms with Gasteiger partial charge >= 0.3 is 5.69 Å². The second-order valence-electron chi connectivity index (χ2n) is 5.70. The lowest BCUT2D eigenvalue weighted by molar-refractivity contribution is 0.213. The Morgan fingerprint density at radius 2 is 2.30 bits per heavy atom. The standard InChI is InChI=1S/C15H16FN5O2/c16-10-3-1-2-8-6-11(13-19-15(22)21-20-13)18-14(12(8)10)23-9-4-5-17-7-9/h3,6,9,17H,1-2,4-5,7H2,(H2,19,20,21,22)/t9-/m0/s1. The fraction of sp³-hybridized carbons (Fsp3) is 0.400. The van der Waals surface area contributed by atoms with Gasteiger partial charge in [-0.1, -0.05) is 0 Å². The summed E-state index contributed by atoms with van der Waals surface area (Å²) in [6.07, 6.45) is 3.70. The molecule has 3 N–H and O–H groups in total. The zero-order chi connectivity index (χ0) is 15.8. The lowest BCUT2D eigenvalue weighted by atomic mass is 9.97. The highest BCUT2D eigenvalue weighted by Gasteiger charge is 2.25. The van der Waals surface area contributed by atoms with E-state index in [4.69, 9.17) is 4.74 Å². The molecule has 2 aliphatic rings. The number of fused-ring (bicyclic) bond motifs is 1. The third kappa shape index (κ3) is 2.65. The molecule has 3 heterocycles. The maximum atomic E-state index is 14.3. The average molecular weight is 317 g/mol. The van der Waals surface area contributed by atoms with E-state index in [-0.39, 0.29) is 17.8 Å². The van der Waals surface area contributed by atoms with Gasteiger partial charge in [-0.2, -0.15) is 5.10 Å². The van der Waals surface area contributed by atoms with E-state index in [1.165, 1.54) is 0 Å². The molecule has 0 aromatic carbocycles. The minimum Gasteiger partial charge on any atom is -0.472 e. The van der Waals surface area contributed by atoms with Gasteiger partial charge in [-0.25, -0.2) is 19.3 Å². The monoisotopic (exact) mass is 317 g/mol. The molecule has 1 aliphatic carbocycles. The first-order valence-corrected chi connectivity index (χ1v) is 7.63. The van der Waals surface area contributed by atoms with Crippen LogP contribution in [0, 0.1) is 0 Å². The van der Waals surface area contributed by atoms with E-state index < -0.39 is 5.69 Å². The van der Waals surface area contributed by atoms with Crippen molar-refractivity contribution in [3.8, 4) is 17.4 Å². The quantitative estimate of drug-likeness (QED) is 0.789. The van der Waals surface area contributed by atoms with Crippen molar-refractivity contribution in [2.45, 2.75) is 25.4 Å². The van der Waals surface area contributed by atoms with Gasteiger partial charge < -0.3 is 10.1 Å². The molecule has 23 heavy (non-hydrogen) atoms. The van der Waals surface area contributed by atoms with Crippen molar-refractivity contribution in [2.24, 2.45) is 0 Å². The summed E-state index contributed by atoms with van der Waals surface area (Å²) in [5, 5.41) is 9.41. The third-order valence-electron chi connectivity index (χ3n) is 4.08. The first-order valence-electron chi connectivity index (χ1n) is 7.63. The number of ether oxygens (including phenoxy) is 1. The van der Waals surface area contributed by atoms with Gasteiger partial charge in [0.2, 0.25) is 5.88 Å². The number of aromatic nitrogens is 4. The van der Waals surface area contributed by atoms with Crippen molar-refractivity contribution in [3.05, 3.63) is 33.8 Å². The highest BCUT2D eigenvalue weighted by molar-refractivity contribution is 5.71. The average Bonchev–Trinajstić information content (AvgIpc) is 3.19. The van der Waals surface area contributed by atoms with Gasteiger partial charge in [-0.05, 0) is 43.5 Å². The van der Waals surface area contributed by atoms with Crippen LogP contribution in [0.15, 0.2) is 16.9 Å². The van der Waals surface area contributed by atoms with Crippen LogP contribution < -0.4 is 15.7 Å². The molecule has 2 aromatic rings. The van der Waals surface area contributed by atoms with Crippen LogP contribution in [0.4, 0.5) is 4.39 Å². The predicted octanol–water partition coefficient (Wildman–Crippen LogP) is 1.16. The molecule has 1 saturated heterocycles. The normalized spacial score (nSPS) is 20.2. The zero-order valence-electron chi connectivity index (χ0n) is 12.4. The third-order valence-corrected chi connectivity index (χ3v) is 4.08. The zero-order valence-corrected chi connectivity index (χ0v) is 12.4. The molecule has 1 aliphatic heterocycles. The van der Waals surface area contributed by atoms with Gasteiger partial charge in [-0.15, -0.1) is 0 Å². The molecule has 7 nitrogen and oxygen atoms in total. The molecule has 0 radical (unpaired) electrons. The first-order chi connectivity index (χ1) is 11.2. The highest BCUT2D eigenvalue weighted by atomic mass is 19.1. The van der Waals surface area contributed by atoms with Gasteiger partial charge in [-0.3, -0.25) is 4.98 Å². The van der Waals surface area contributed by atoms with Gasteiger partial charge in [0.25, 0.3) is 0 Å². The Labute approximate surface area is 131 Å². The molecule has 0 bridgehead atoms. The van der Waals surface area contributed by atoms with Crippen LogP contribution in [0.5, 0.6) is 5.88 Å². The Morgan fingerprint density at radius 1 is 1.39 bits per heavy atom. The molecular formula is C15H16FN5O2. The molecule has 1 atom stereocenters. The lowest BCUT2D eigenvalue weighted by Crippen LogP contribution is -2.21. The second kappa shape index (κ2) is 5.62. The molecule has 2 aromatic heterocycles. The molecule has 0 saturated carbocycles. The minimum absolute atomic E-state index is 0.0326. The van der Waals surface area contributed by atoms with E-state index >= 15 is 0 Å². The van der Waals surface area contributed by atoms with E-state index in [1.807, 2.05) is 0 Å². The van der Waals surface area contributed by atoms with Crippen molar-refractivity contribution in [1.82, 2.24) is 25.5 Å². The number of nitrogens with one attached hydrogen (secondary N) is 3. The van der Waals surface area contributed by atoms with Crippen molar-refractivity contribution < 1.29 is 9.13 Å². The molecule has 0 unspecified atom stereocenters. The van der Waals surface area contributed by atoms with E-state index in [1.54, 1.807) is 12.1 Å². The van der Waals surface area contributed by atoms with Crippen LogP contribution in [0.2, 0.25) is 0 Å². The number of H-pyrrole nitrogens is 2. The molecule has 0 spiro atoms. The number of halogens is 1. The number of pyridine rings is 1. The van der Waals surface area contributed by atoms with E-state index in [9.17, 15) is 9.18 Å². The summed E-state index contributed by atoms with van der Waals surface area (Å²) in [7, 11) is 0. The van der Waals surface area contributed by atoms with Crippen LogP contribution in [-0.2, 0) is 6.42 Å². The summed E-state index contributed by atoms with van der Waals surface area (Å²) in [5.74, 6) is 0.285. The first kappa shape index (κ1) is 14.1. The summed E-state index contributed by atoms with van der Waals surface area (Å²) in [5.41, 5.74) is 1.30. The Morgan fingerprint density at radius 3 is 3.04 bits per heavy atom. The number of rotatable bonds is 3. The second-order valence-corrected chi connectivity index (χ2v) is 5.70. The SMILES string of the molecule is O=c1[nH]nc(-c2cc3c(c(O[C@H]4CCNC4)n2)C(F)=CCC3)[nH]1. The Balaban J connectivity index is 1.80. The molecule has 120 valence electrons. The largest absolute Gasteiger partial charge is 0.472 e. The molecular weight excluding hydrogens is 301 g/mol. The Bertz CT molecular complexity index is 820. The molecule has 0 amide bonds. The van der Waals surface area contributed by atoms with Crippen molar-refractivity contribution in [1.29, 1.82) is 0 Å². The number of hydrogen-bond acceptors (Lipinski definition) is 5. The van der Waals surface area contributed by atoms with Gasteiger partial charge in [0.15, 0.2) is 5.82 Å². The fourth-order valence-corrected chi connectivity index (χ4v) is 2.97. The molecule has 1 fully saturated rings. The Hall–Kier alpha value is -2.48. The van der Waals surface area contributed by atoms with Crippen molar-refractivity contribution in [2.75, 3.05) is 13.1 Å². The minimum atomic E-state index is -0.409. The number of nitrogens with zero attached hydrogens (tertiary/aromatic N) is 2. The summed E-state index contributed by atoms with van der Waals surface area (Å²) in [6.45, 7) is 1.59. The number of aryl methyl sites for hydroxylation is 1. The predicted molar refractivity (Wildman–Crippen MR) is 81.7 cm³/mol. The summed E-state index contributed by atoms with van der Waals surface area (Å²) in [4.78, 5) is 18.2. The summed E-state index contributed by atoms with van der Waals surface area (Å²) in [6, 6.07) is 1.76. The number of aromatic amines is 2. The molecule has 8 heteroatoms. The maximum Gasteiger partial charge on any atom is 0.340 e. The van der Waals surface area contributed by atoms with Crippen LogP contribution in [0.1, 0.15) is 24.0 Å².